The predicted octanol–water partition coefficient (Wildman–Crippen LogP) is 7.72. The summed E-state index contributed by atoms with van der Waals surface area (Å²) in [4.78, 5) is 14.4. The van der Waals surface area contributed by atoms with Crippen LogP contribution in [0.15, 0.2) is 59.0 Å². The monoisotopic (exact) mass is 735 g/mol. The van der Waals surface area contributed by atoms with E-state index in [4.69, 9.17) is 40.2 Å². The molecule has 0 radical (unpaired) electrons. The zero-order chi connectivity index (χ0) is 35.9. The van der Waals surface area contributed by atoms with Gasteiger partial charge in [0.15, 0.2) is 5.58 Å². The van der Waals surface area contributed by atoms with Crippen molar-refractivity contribution in [2.45, 2.75) is 57.9 Å². The highest BCUT2D eigenvalue weighted by molar-refractivity contribution is 7.28. The van der Waals surface area contributed by atoms with E-state index in [-0.39, 0.29) is 12.2 Å². The number of halogens is 1. The molecular weight excluding hydrogens is 693 g/mol. The molecule has 3 aromatic carbocycles. The molecule has 1 aliphatic carbocycles. The number of nitriles is 1. The number of nitrogens with zero attached hydrogens (tertiary/aromatic N) is 5. The van der Waals surface area contributed by atoms with Crippen molar-refractivity contribution in [2.24, 2.45) is 5.92 Å². The summed E-state index contributed by atoms with van der Waals surface area (Å²) >= 11 is 6.81. The first-order valence-electron chi connectivity index (χ1n) is 18.0. The lowest BCUT2D eigenvalue weighted by molar-refractivity contribution is 0.107. The van der Waals surface area contributed by atoms with Crippen LogP contribution in [0, 0.1) is 17.2 Å². The van der Waals surface area contributed by atoms with Crippen LogP contribution in [0.25, 0.3) is 33.7 Å². The third-order valence-corrected chi connectivity index (χ3v) is 11.7. The minimum absolute atomic E-state index is 0.202. The Labute approximate surface area is 312 Å². The Morgan fingerprint density at radius 2 is 1.73 bits per heavy atom. The van der Waals surface area contributed by atoms with Crippen LogP contribution in [-0.4, -0.2) is 66.3 Å². The van der Waals surface area contributed by atoms with Crippen molar-refractivity contribution >= 4 is 37.2 Å². The van der Waals surface area contributed by atoms with Crippen molar-refractivity contribution < 1.29 is 18.6 Å². The number of benzene rings is 3. The van der Waals surface area contributed by atoms with E-state index < -0.39 is 0 Å². The van der Waals surface area contributed by atoms with E-state index in [2.05, 4.69) is 62.4 Å². The maximum Gasteiger partial charge on any atom is 0.236 e. The molecule has 1 unspecified atom stereocenters. The van der Waals surface area contributed by atoms with E-state index in [1.807, 2.05) is 24.3 Å². The van der Waals surface area contributed by atoms with Gasteiger partial charge in [0.25, 0.3) is 0 Å². The van der Waals surface area contributed by atoms with E-state index in [1.54, 1.807) is 14.2 Å². The molecule has 8 rings (SSSR count). The van der Waals surface area contributed by atoms with Crippen LogP contribution < -0.4 is 14.8 Å². The highest BCUT2D eigenvalue weighted by Crippen LogP contribution is 2.42. The predicted molar refractivity (Wildman–Crippen MR) is 206 cm³/mol. The lowest BCUT2D eigenvalue weighted by Crippen LogP contribution is -2.23. The molecular formula is C41H43ClN5O4P. The van der Waals surface area contributed by atoms with Gasteiger partial charge in [0.1, 0.15) is 22.7 Å². The van der Waals surface area contributed by atoms with Crippen molar-refractivity contribution in [3.63, 3.8) is 0 Å². The molecule has 0 spiro atoms. The zero-order valence-electron chi connectivity index (χ0n) is 29.8. The quantitative estimate of drug-likeness (QED) is 0.134. The van der Waals surface area contributed by atoms with Gasteiger partial charge in [-0.15, -0.1) is 9.24 Å². The lowest BCUT2D eigenvalue weighted by atomic mass is 9.95. The Kier molecular flexibility index (Phi) is 9.95. The molecule has 2 aromatic heterocycles. The van der Waals surface area contributed by atoms with Crippen molar-refractivity contribution in [1.82, 2.24) is 19.8 Å². The molecule has 4 atom stereocenters. The third kappa shape index (κ3) is 6.79. The Morgan fingerprint density at radius 1 is 0.942 bits per heavy atom. The molecule has 9 nitrogen and oxygen atoms in total. The highest BCUT2D eigenvalue weighted by Gasteiger charge is 2.30. The van der Waals surface area contributed by atoms with Crippen molar-refractivity contribution in [2.75, 3.05) is 40.4 Å². The van der Waals surface area contributed by atoms with Gasteiger partial charge < -0.3 is 18.6 Å². The summed E-state index contributed by atoms with van der Waals surface area (Å²) in [5.74, 6) is 2.10. The first kappa shape index (κ1) is 35.0. The van der Waals surface area contributed by atoms with Gasteiger partial charge in [0.2, 0.25) is 17.7 Å². The smallest absolute Gasteiger partial charge is 0.236 e. The van der Waals surface area contributed by atoms with Crippen LogP contribution in [0.5, 0.6) is 11.8 Å². The van der Waals surface area contributed by atoms with Crippen LogP contribution >= 0.6 is 20.8 Å². The van der Waals surface area contributed by atoms with Crippen LogP contribution in [-0.2, 0) is 24.2 Å². The summed E-state index contributed by atoms with van der Waals surface area (Å²) in [7, 11) is 6.31. The summed E-state index contributed by atoms with van der Waals surface area (Å²) in [6.07, 6.45) is 3.90. The van der Waals surface area contributed by atoms with Gasteiger partial charge >= 0.3 is 0 Å². The zero-order valence-corrected chi connectivity index (χ0v) is 31.7. The summed E-state index contributed by atoms with van der Waals surface area (Å²) in [5, 5.41) is 11.5. The standard InChI is InChI=1S/C41H43ClN5O4P/c1-24-12-14-46(20-24)21-25-16-26(19-43)37-35(17-25)44-40(51-37)33-9-5-8-32(38(33)52)29-6-4-7-31-30(29)10-11-36(31)50-41-34(42)18-27(39(45-41)49-3)22-47-15-13-28(23-47)48-2/h4-9,16-18,24,28,36H,10-15,20-23,52H2,1-3H3/t24-,28-,36-/m1/s1. The molecule has 0 N–H and O–H groups in total. The summed E-state index contributed by atoms with van der Waals surface area (Å²) in [6, 6.07) is 20.8. The van der Waals surface area contributed by atoms with Crippen molar-refractivity contribution in [1.29, 1.82) is 5.26 Å². The molecule has 11 heteroatoms. The normalized spacial score (nSPS) is 20.4. The number of fused-ring (bicyclic) bond motifs is 2. The van der Waals surface area contributed by atoms with E-state index in [9.17, 15) is 5.26 Å². The minimum Gasteiger partial charge on any atom is -0.481 e. The first-order valence-corrected chi connectivity index (χ1v) is 19.0. The Hall–Kier alpha value is -4.03. The average Bonchev–Trinajstić information content (AvgIpc) is 3.96. The SMILES string of the molecule is COc1nc(O[C@@H]2CCc3c(-c4cccc(-c5nc6cc(CN7CC[C@@H](C)C7)cc(C#N)c6o5)c4P)cccc32)c(Cl)cc1CN1CC[C@@H](OC)C1. The largest absolute Gasteiger partial charge is 0.481 e. The van der Waals surface area contributed by atoms with Crippen LogP contribution in [0.2, 0.25) is 5.02 Å². The van der Waals surface area contributed by atoms with E-state index in [0.717, 1.165) is 90.7 Å². The fourth-order valence-electron chi connectivity index (χ4n) is 8.16. The summed E-state index contributed by atoms with van der Waals surface area (Å²) < 4.78 is 24.1. The van der Waals surface area contributed by atoms with Gasteiger partial charge in [-0.25, -0.2) is 4.98 Å². The second-order valence-corrected chi connectivity index (χ2v) is 15.3. The lowest BCUT2D eigenvalue weighted by Gasteiger charge is -2.20. The number of rotatable bonds is 10. The molecule has 5 aromatic rings. The van der Waals surface area contributed by atoms with Crippen molar-refractivity contribution in [3.05, 3.63) is 87.4 Å². The van der Waals surface area contributed by atoms with Gasteiger partial charge in [-0.1, -0.05) is 48.9 Å². The number of aromatic nitrogens is 2. The van der Waals surface area contributed by atoms with E-state index >= 15 is 0 Å². The van der Waals surface area contributed by atoms with Gasteiger partial charge in [-0.05, 0) is 95.5 Å². The molecule has 0 amide bonds. The summed E-state index contributed by atoms with van der Waals surface area (Å²) in [5.41, 5.74) is 9.21. The molecule has 52 heavy (non-hydrogen) atoms. The van der Waals surface area contributed by atoms with Crippen LogP contribution in [0.3, 0.4) is 0 Å². The molecule has 2 fully saturated rings. The van der Waals surface area contributed by atoms with E-state index in [0.29, 0.717) is 51.8 Å². The second-order valence-electron chi connectivity index (χ2n) is 14.4. The fraction of sp³-hybridized carbons (Fsp3) is 0.390. The maximum absolute atomic E-state index is 10.0. The van der Waals surface area contributed by atoms with Crippen LogP contribution in [0.1, 0.15) is 60.1 Å². The number of methoxy groups -OCH3 is 2. The Balaban J connectivity index is 1.05. The number of likely N-dealkylation sites (tertiary alicyclic amines) is 2. The van der Waals surface area contributed by atoms with Gasteiger partial charge in [0.05, 0.1) is 18.8 Å². The number of pyridine rings is 1. The summed E-state index contributed by atoms with van der Waals surface area (Å²) in [6.45, 7) is 7.75. The second kappa shape index (κ2) is 14.8. The molecule has 2 aliphatic heterocycles. The molecule has 3 aliphatic rings. The molecule has 4 heterocycles. The number of hydrogen-bond acceptors (Lipinski definition) is 9. The Morgan fingerprint density at radius 3 is 2.50 bits per heavy atom. The maximum atomic E-state index is 10.0. The molecule has 0 bridgehead atoms. The number of hydrogen-bond donors (Lipinski definition) is 0. The van der Waals surface area contributed by atoms with Gasteiger partial charge in [-0.3, -0.25) is 9.80 Å². The highest BCUT2D eigenvalue weighted by atomic mass is 35.5. The van der Waals surface area contributed by atoms with Gasteiger partial charge in [0, 0.05) is 51.0 Å². The minimum atomic E-state index is -0.202. The molecule has 0 saturated carbocycles. The van der Waals surface area contributed by atoms with E-state index in [1.165, 1.54) is 12.0 Å². The molecule has 2 saturated heterocycles. The number of ether oxygens (including phenoxy) is 3. The van der Waals surface area contributed by atoms with Crippen LogP contribution in [0.4, 0.5) is 0 Å². The topological polar surface area (TPSA) is 96.9 Å². The number of oxazole rings is 1. The van der Waals surface area contributed by atoms with Gasteiger partial charge in [-0.2, -0.15) is 10.2 Å². The molecule has 268 valence electrons. The third-order valence-electron chi connectivity index (χ3n) is 10.8. The first-order chi connectivity index (χ1) is 25.3. The Bertz CT molecular complexity index is 2180. The fourth-order valence-corrected chi connectivity index (χ4v) is 8.85. The van der Waals surface area contributed by atoms with Crippen molar-refractivity contribution in [3.8, 4) is 40.4 Å². The average molecular weight is 736 g/mol.